The molecule has 1 heterocycles. The molecule has 0 aliphatic heterocycles. The molecule has 0 bridgehead atoms. The number of fused-ring (bicyclic) bond motifs is 1. The molecule has 3 aromatic carbocycles. The molecule has 0 spiro atoms. The van der Waals surface area contributed by atoms with Crippen LogP contribution in [0.15, 0.2) is 66.7 Å². The average Bonchev–Trinajstić information content (AvgIpc) is 2.93. The topological polar surface area (TPSA) is 25.2 Å². The molecule has 0 aliphatic rings. The van der Waals surface area contributed by atoms with Gasteiger partial charge in [-0.3, -0.25) is 0 Å². The predicted molar refractivity (Wildman–Crippen MR) is 105 cm³/mol. The first-order valence-corrected chi connectivity index (χ1v) is 8.53. The third-order valence-electron chi connectivity index (χ3n) is 4.71. The van der Waals surface area contributed by atoms with Crippen LogP contribution in [-0.2, 0) is 0 Å². The molecule has 4 aromatic rings. The van der Waals surface area contributed by atoms with Crippen LogP contribution < -0.4 is 0 Å². The number of aromatic nitrogens is 1. The lowest BCUT2D eigenvalue weighted by molar-refractivity contribution is 0.476. The molecule has 2 heteroatoms. The van der Waals surface area contributed by atoms with Crippen LogP contribution in [0.1, 0.15) is 16.7 Å². The molecule has 25 heavy (non-hydrogen) atoms. The van der Waals surface area contributed by atoms with E-state index in [0.29, 0.717) is 5.75 Å². The fourth-order valence-electron chi connectivity index (χ4n) is 3.79. The third-order valence-corrected chi connectivity index (χ3v) is 4.71. The molecule has 0 fully saturated rings. The average molecular weight is 327 g/mol. The zero-order chi connectivity index (χ0) is 17.6. The molecule has 124 valence electrons. The van der Waals surface area contributed by atoms with Crippen molar-refractivity contribution in [2.24, 2.45) is 0 Å². The Morgan fingerprint density at radius 2 is 1.44 bits per heavy atom. The van der Waals surface area contributed by atoms with Gasteiger partial charge in [0, 0.05) is 5.39 Å². The summed E-state index contributed by atoms with van der Waals surface area (Å²) in [5.41, 5.74) is 8.39. The lowest BCUT2D eigenvalue weighted by Gasteiger charge is -2.17. The van der Waals surface area contributed by atoms with E-state index in [1.54, 1.807) is 6.07 Å². The summed E-state index contributed by atoms with van der Waals surface area (Å²) >= 11 is 0. The minimum absolute atomic E-state index is 0.293. The van der Waals surface area contributed by atoms with Gasteiger partial charge in [-0.2, -0.15) is 0 Å². The third kappa shape index (κ3) is 2.60. The highest BCUT2D eigenvalue weighted by Crippen LogP contribution is 2.35. The Morgan fingerprint density at radius 1 is 0.760 bits per heavy atom. The van der Waals surface area contributed by atoms with Crippen molar-refractivity contribution in [2.75, 3.05) is 0 Å². The minimum Gasteiger partial charge on any atom is -0.508 e. The zero-order valence-electron chi connectivity index (χ0n) is 14.7. The second-order valence-corrected chi connectivity index (χ2v) is 6.72. The lowest BCUT2D eigenvalue weighted by atomic mass is 10.0. The molecule has 0 unspecified atom stereocenters. The predicted octanol–water partition coefficient (Wildman–Crippen LogP) is 5.93. The molecule has 0 amide bonds. The summed E-state index contributed by atoms with van der Waals surface area (Å²) < 4.78 is 2.31. The first-order chi connectivity index (χ1) is 12.0. The quantitative estimate of drug-likeness (QED) is 0.485. The molecule has 4 rings (SSSR count). The van der Waals surface area contributed by atoms with Gasteiger partial charge < -0.3 is 9.67 Å². The van der Waals surface area contributed by atoms with Crippen LogP contribution >= 0.6 is 0 Å². The van der Waals surface area contributed by atoms with Gasteiger partial charge in [0.25, 0.3) is 0 Å². The van der Waals surface area contributed by atoms with Crippen LogP contribution in [0.5, 0.6) is 5.75 Å². The van der Waals surface area contributed by atoms with Gasteiger partial charge in [0.2, 0.25) is 0 Å². The highest BCUT2D eigenvalue weighted by Gasteiger charge is 2.16. The summed E-state index contributed by atoms with van der Waals surface area (Å²) in [7, 11) is 0. The van der Waals surface area contributed by atoms with Gasteiger partial charge >= 0.3 is 0 Å². The Bertz CT molecular complexity index is 1050. The van der Waals surface area contributed by atoms with Crippen LogP contribution in [0.4, 0.5) is 0 Å². The summed E-state index contributed by atoms with van der Waals surface area (Å²) in [5.74, 6) is 0.293. The molecule has 0 saturated heterocycles. The Balaban J connectivity index is 2.12. The number of rotatable bonds is 2. The van der Waals surface area contributed by atoms with E-state index in [9.17, 15) is 5.11 Å². The Kier molecular flexibility index (Phi) is 3.61. The SMILES string of the molecule is Cc1cc(C)c(-n2c(-c3ccccc3)cc3cc(O)ccc32)c(C)c1. The number of benzene rings is 3. The van der Waals surface area contributed by atoms with Crippen molar-refractivity contribution in [1.29, 1.82) is 0 Å². The molecule has 0 aliphatic carbocycles. The largest absolute Gasteiger partial charge is 0.508 e. The molecule has 2 nitrogen and oxygen atoms in total. The summed E-state index contributed by atoms with van der Waals surface area (Å²) in [5, 5.41) is 10.9. The maximum atomic E-state index is 9.91. The standard InChI is InChI=1S/C23H21NO/c1-15-11-16(2)23(17(3)12-15)24-21-10-9-20(25)13-19(21)14-22(24)18-7-5-4-6-8-18/h4-14,25H,1-3H3. The smallest absolute Gasteiger partial charge is 0.116 e. The molecule has 0 saturated carbocycles. The van der Waals surface area contributed by atoms with Gasteiger partial charge in [-0.05, 0) is 61.7 Å². The molecule has 0 radical (unpaired) electrons. The van der Waals surface area contributed by atoms with Crippen LogP contribution in [0.25, 0.3) is 27.8 Å². The van der Waals surface area contributed by atoms with Gasteiger partial charge in [0.15, 0.2) is 0 Å². The van der Waals surface area contributed by atoms with Gasteiger partial charge in [-0.1, -0.05) is 48.0 Å². The second-order valence-electron chi connectivity index (χ2n) is 6.72. The van der Waals surface area contributed by atoms with Crippen molar-refractivity contribution >= 4 is 10.9 Å². The van der Waals surface area contributed by atoms with E-state index in [0.717, 1.165) is 22.2 Å². The van der Waals surface area contributed by atoms with Crippen LogP contribution in [0.2, 0.25) is 0 Å². The number of aromatic hydroxyl groups is 1. The number of phenols is 1. The lowest BCUT2D eigenvalue weighted by Crippen LogP contribution is -2.02. The number of hydrogen-bond acceptors (Lipinski definition) is 1. The summed E-state index contributed by atoms with van der Waals surface area (Å²) in [6.45, 7) is 6.46. The van der Waals surface area contributed by atoms with Crippen molar-refractivity contribution in [3.8, 4) is 22.7 Å². The first kappa shape index (κ1) is 15.5. The van der Waals surface area contributed by atoms with E-state index in [4.69, 9.17) is 0 Å². The molecule has 0 atom stereocenters. The monoisotopic (exact) mass is 327 g/mol. The van der Waals surface area contributed by atoms with E-state index < -0.39 is 0 Å². The number of nitrogens with zero attached hydrogens (tertiary/aromatic N) is 1. The molecule has 1 aromatic heterocycles. The molecular formula is C23H21NO. The van der Waals surface area contributed by atoms with E-state index >= 15 is 0 Å². The maximum absolute atomic E-state index is 9.91. The zero-order valence-corrected chi connectivity index (χ0v) is 14.7. The summed E-state index contributed by atoms with van der Waals surface area (Å²) in [6, 6.07) is 22.6. The molecular weight excluding hydrogens is 306 g/mol. The number of hydrogen-bond donors (Lipinski definition) is 1. The van der Waals surface area contributed by atoms with Crippen molar-refractivity contribution in [1.82, 2.24) is 4.57 Å². The van der Waals surface area contributed by atoms with E-state index in [-0.39, 0.29) is 0 Å². The fraction of sp³-hybridized carbons (Fsp3) is 0.130. The highest BCUT2D eigenvalue weighted by atomic mass is 16.3. The Morgan fingerprint density at radius 3 is 2.12 bits per heavy atom. The van der Waals surface area contributed by atoms with Crippen LogP contribution in [-0.4, -0.2) is 9.67 Å². The fourth-order valence-corrected chi connectivity index (χ4v) is 3.79. The first-order valence-electron chi connectivity index (χ1n) is 8.53. The number of phenolic OH excluding ortho intramolecular Hbond substituents is 1. The highest BCUT2D eigenvalue weighted by molar-refractivity contribution is 5.90. The number of aryl methyl sites for hydroxylation is 3. The van der Waals surface area contributed by atoms with Gasteiger partial charge in [0.1, 0.15) is 5.75 Å². The van der Waals surface area contributed by atoms with Crippen molar-refractivity contribution < 1.29 is 5.11 Å². The summed E-state index contributed by atoms with van der Waals surface area (Å²) in [6.07, 6.45) is 0. The Hall–Kier alpha value is -3.00. The Labute approximate surface area is 148 Å². The summed E-state index contributed by atoms with van der Waals surface area (Å²) in [4.78, 5) is 0. The van der Waals surface area contributed by atoms with Crippen molar-refractivity contribution in [2.45, 2.75) is 20.8 Å². The van der Waals surface area contributed by atoms with Crippen molar-refractivity contribution in [3.63, 3.8) is 0 Å². The van der Waals surface area contributed by atoms with Gasteiger partial charge in [-0.25, -0.2) is 0 Å². The maximum Gasteiger partial charge on any atom is 0.116 e. The second kappa shape index (κ2) is 5.82. The minimum atomic E-state index is 0.293. The van der Waals surface area contributed by atoms with Gasteiger partial charge in [0.05, 0.1) is 16.9 Å². The van der Waals surface area contributed by atoms with Crippen molar-refractivity contribution in [3.05, 3.63) is 83.4 Å². The van der Waals surface area contributed by atoms with E-state index in [1.165, 1.54) is 22.4 Å². The normalized spacial score (nSPS) is 11.2. The van der Waals surface area contributed by atoms with Crippen LogP contribution in [0, 0.1) is 20.8 Å². The van der Waals surface area contributed by atoms with E-state index in [2.05, 4.69) is 67.8 Å². The van der Waals surface area contributed by atoms with Gasteiger partial charge in [-0.15, -0.1) is 0 Å². The van der Waals surface area contributed by atoms with E-state index in [1.807, 2.05) is 18.2 Å². The molecule has 1 N–H and O–H groups in total. The van der Waals surface area contributed by atoms with Crippen LogP contribution in [0.3, 0.4) is 0 Å².